The molecule has 3 aromatic rings. The smallest absolute Gasteiger partial charge is 0.384 e. The Morgan fingerprint density at radius 3 is 2.62 bits per heavy atom. The molecule has 0 amide bonds. The molecule has 6 nitrogen and oxygen atoms in total. The number of hydrogen-bond acceptors (Lipinski definition) is 5. The summed E-state index contributed by atoms with van der Waals surface area (Å²) in [5.41, 5.74) is 3.99. The van der Waals surface area contributed by atoms with E-state index >= 15 is 0 Å². The van der Waals surface area contributed by atoms with Crippen molar-refractivity contribution in [1.29, 1.82) is 0 Å². The molecule has 0 aliphatic carbocycles. The van der Waals surface area contributed by atoms with Gasteiger partial charge in [-0.15, -0.1) is 0 Å². The molecule has 0 bridgehead atoms. The van der Waals surface area contributed by atoms with Crippen molar-refractivity contribution in [3.05, 3.63) is 62.0 Å². The molecule has 0 spiro atoms. The van der Waals surface area contributed by atoms with Gasteiger partial charge in [-0.05, 0) is 43.0 Å². The highest BCUT2D eigenvalue weighted by molar-refractivity contribution is 6.33. The van der Waals surface area contributed by atoms with Gasteiger partial charge in [0, 0.05) is 56.4 Å². The van der Waals surface area contributed by atoms with Gasteiger partial charge < -0.3 is 15.2 Å². The molecule has 2 aliphatic heterocycles. The van der Waals surface area contributed by atoms with Crippen LogP contribution in [0.3, 0.4) is 0 Å². The average molecular weight is 492 g/mol. The Balaban J connectivity index is 1.30. The zero-order chi connectivity index (χ0) is 24.0. The second-order valence-electron chi connectivity index (χ2n) is 8.96. The van der Waals surface area contributed by atoms with Gasteiger partial charge >= 0.3 is 6.18 Å². The summed E-state index contributed by atoms with van der Waals surface area (Å²) in [4.78, 5) is 23.8. The Hall–Kier alpha value is -2.78. The molecule has 34 heavy (non-hydrogen) atoms. The van der Waals surface area contributed by atoms with E-state index in [0.717, 1.165) is 78.0 Å². The standard InChI is InChI=1S/C24H25ClF3N5O/c1-14-9-15(10-19-20(14)21-17(23(34)31-19)3-2-4-29-21)13-32-5-7-33(8-6-32)22-18(25)11-16(12-30-22)24(26,27)28/h9-12,29H,2-8,13H2,1H3,(H,31,34). The maximum atomic E-state index is 12.9. The highest BCUT2D eigenvalue weighted by Gasteiger charge is 2.32. The van der Waals surface area contributed by atoms with Crippen molar-refractivity contribution in [3.8, 4) is 0 Å². The van der Waals surface area contributed by atoms with Gasteiger partial charge in [0.05, 0.1) is 21.8 Å². The van der Waals surface area contributed by atoms with Crippen LogP contribution in [0.4, 0.5) is 24.7 Å². The molecule has 0 saturated carbocycles. The third-order valence-corrected chi connectivity index (χ3v) is 6.88. The fourth-order valence-corrected chi connectivity index (χ4v) is 5.24. The molecule has 1 saturated heterocycles. The first kappa shape index (κ1) is 23.0. The van der Waals surface area contributed by atoms with E-state index in [0.29, 0.717) is 25.5 Å². The number of rotatable bonds is 3. The second-order valence-corrected chi connectivity index (χ2v) is 9.37. The monoisotopic (exact) mass is 491 g/mol. The summed E-state index contributed by atoms with van der Waals surface area (Å²) in [5.74, 6) is 0.380. The Bertz CT molecular complexity index is 1300. The summed E-state index contributed by atoms with van der Waals surface area (Å²) >= 11 is 6.12. The second kappa shape index (κ2) is 8.78. The predicted molar refractivity (Wildman–Crippen MR) is 128 cm³/mol. The van der Waals surface area contributed by atoms with E-state index in [1.54, 1.807) is 0 Å². The van der Waals surface area contributed by atoms with E-state index in [1.165, 1.54) is 0 Å². The number of fused-ring (bicyclic) bond motifs is 3. The van der Waals surface area contributed by atoms with E-state index in [4.69, 9.17) is 11.6 Å². The molecule has 4 heterocycles. The first-order valence-corrected chi connectivity index (χ1v) is 11.7. The SMILES string of the molecule is Cc1cc(CN2CCN(c3ncc(C(F)(F)F)cc3Cl)CC2)cc2[nH]c(=O)c3c(c12)NCCC3. The van der Waals surface area contributed by atoms with Crippen LogP contribution in [0.25, 0.3) is 10.9 Å². The molecule has 2 N–H and O–H groups in total. The predicted octanol–water partition coefficient (Wildman–Crippen LogP) is 4.58. The number of piperazine rings is 1. The molecule has 2 aliphatic rings. The van der Waals surface area contributed by atoms with Crippen LogP contribution in [0, 0.1) is 6.92 Å². The quantitative estimate of drug-likeness (QED) is 0.561. The minimum atomic E-state index is -4.47. The minimum absolute atomic E-state index is 0.00863. The molecular weight excluding hydrogens is 467 g/mol. The van der Waals surface area contributed by atoms with Crippen molar-refractivity contribution >= 4 is 34.0 Å². The number of halogens is 4. The van der Waals surface area contributed by atoms with E-state index in [2.05, 4.69) is 33.2 Å². The number of anilines is 2. The van der Waals surface area contributed by atoms with Crippen molar-refractivity contribution in [2.75, 3.05) is 42.9 Å². The molecule has 180 valence electrons. The van der Waals surface area contributed by atoms with Gasteiger partial charge in [0.2, 0.25) is 0 Å². The number of alkyl halides is 3. The zero-order valence-corrected chi connectivity index (χ0v) is 19.5. The third kappa shape index (κ3) is 4.34. The third-order valence-electron chi connectivity index (χ3n) is 6.60. The number of aromatic amines is 1. The van der Waals surface area contributed by atoms with E-state index in [1.807, 2.05) is 11.0 Å². The summed E-state index contributed by atoms with van der Waals surface area (Å²) in [6.07, 6.45) is -1.89. The largest absolute Gasteiger partial charge is 0.417 e. The van der Waals surface area contributed by atoms with Gasteiger partial charge in [0.15, 0.2) is 0 Å². The number of nitrogens with zero attached hydrogens (tertiary/aromatic N) is 3. The molecule has 5 rings (SSSR count). The van der Waals surface area contributed by atoms with Crippen LogP contribution in [0.15, 0.2) is 29.2 Å². The molecule has 0 radical (unpaired) electrons. The van der Waals surface area contributed by atoms with Crippen molar-refractivity contribution in [2.45, 2.75) is 32.5 Å². The number of pyridine rings is 2. The summed E-state index contributed by atoms with van der Waals surface area (Å²) in [6, 6.07) is 5.14. The van der Waals surface area contributed by atoms with E-state index in [9.17, 15) is 18.0 Å². The van der Waals surface area contributed by atoms with Gasteiger partial charge in [-0.2, -0.15) is 13.2 Å². The van der Waals surface area contributed by atoms with Crippen molar-refractivity contribution in [3.63, 3.8) is 0 Å². The lowest BCUT2D eigenvalue weighted by molar-refractivity contribution is -0.137. The fourth-order valence-electron chi connectivity index (χ4n) is 4.95. The Morgan fingerprint density at radius 2 is 1.91 bits per heavy atom. The van der Waals surface area contributed by atoms with Crippen molar-refractivity contribution < 1.29 is 13.2 Å². The molecular formula is C24H25ClF3N5O. The minimum Gasteiger partial charge on any atom is -0.384 e. The fraction of sp³-hybridized carbons (Fsp3) is 0.417. The molecule has 1 aromatic carbocycles. The number of aromatic nitrogens is 2. The number of aryl methyl sites for hydroxylation is 1. The highest BCUT2D eigenvalue weighted by atomic mass is 35.5. The Kier molecular flexibility index (Phi) is 5.93. The van der Waals surface area contributed by atoms with Gasteiger partial charge in [0.1, 0.15) is 5.82 Å². The van der Waals surface area contributed by atoms with Crippen LogP contribution in [-0.2, 0) is 19.1 Å². The topological polar surface area (TPSA) is 64.3 Å². The maximum absolute atomic E-state index is 12.9. The van der Waals surface area contributed by atoms with Gasteiger partial charge in [-0.3, -0.25) is 9.69 Å². The summed E-state index contributed by atoms with van der Waals surface area (Å²) in [5, 5.41) is 4.49. The maximum Gasteiger partial charge on any atom is 0.417 e. The van der Waals surface area contributed by atoms with Crippen LogP contribution in [-0.4, -0.2) is 47.6 Å². The zero-order valence-electron chi connectivity index (χ0n) is 18.7. The number of nitrogens with one attached hydrogen (secondary N) is 2. The van der Waals surface area contributed by atoms with Crippen LogP contribution in [0.2, 0.25) is 5.02 Å². The molecule has 10 heteroatoms. The lowest BCUT2D eigenvalue weighted by atomic mass is 9.97. The normalized spacial score (nSPS) is 17.0. The van der Waals surface area contributed by atoms with E-state index in [-0.39, 0.29) is 10.6 Å². The highest BCUT2D eigenvalue weighted by Crippen LogP contribution is 2.34. The summed E-state index contributed by atoms with van der Waals surface area (Å²) < 4.78 is 38.7. The number of benzene rings is 1. The lowest BCUT2D eigenvalue weighted by Gasteiger charge is -2.36. The number of hydrogen-bond donors (Lipinski definition) is 2. The van der Waals surface area contributed by atoms with E-state index < -0.39 is 11.7 Å². The van der Waals surface area contributed by atoms with Gasteiger partial charge in [-0.25, -0.2) is 4.98 Å². The summed E-state index contributed by atoms with van der Waals surface area (Å²) in [7, 11) is 0. The lowest BCUT2D eigenvalue weighted by Crippen LogP contribution is -2.46. The van der Waals surface area contributed by atoms with Crippen LogP contribution >= 0.6 is 11.6 Å². The first-order valence-electron chi connectivity index (χ1n) is 11.3. The molecule has 0 unspecified atom stereocenters. The Labute approximate surface area is 199 Å². The summed E-state index contributed by atoms with van der Waals surface area (Å²) in [6.45, 7) is 6.31. The number of H-pyrrole nitrogens is 1. The van der Waals surface area contributed by atoms with Crippen LogP contribution in [0.5, 0.6) is 0 Å². The molecule has 2 aromatic heterocycles. The first-order chi connectivity index (χ1) is 16.2. The van der Waals surface area contributed by atoms with Crippen molar-refractivity contribution in [1.82, 2.24) is 14.9 Å². The molecule has 0 atom stereocenters. The average Bonchev–Trinajstić information content (AvgIpc) is 2.79. The van der Waals surface area contributed by atoms with Crippen molar-refractivity contribution in [2.24, 2.45) is 0 Å². The van der Waals surface area contributed by atoms with Crippen LogP contribution in [0.1, 0.15) is 28.7 Å². The van der Waals surface area contributed by atoms with Crippen LogP contribution < -0.4 is 15.8 Å². The van der Waals surface area contributed by atoms with Gasteiger partial charge in [-0.1, -0.05) is 17.7 Å². The Morgan fingerprint density at radius 1 is 1.15 bits per heavy atom. The van der Waals surface area contributed by atoms with Gasteiger partial charge in [0.25, 0.3) is 5.56 Å². The molecule has 1 fully saturated rings.